The number of rotatable bonds is 7. The Labute approximate surface area is 160 Å². The molecule has 0 radical (unpaired) electrons. The Hall–Kier alpha value is -2.72. The van der Waals surface area contributed by atoms with Crippen molar-refractivity contribution >= 4 is 44.0 Å². The minimum absolute atomic E-state index is 0.145. The molecule has 3 N–H and O–H groups in total. The van der Waals surface area contributed by atoms with Gasteiger partial charge in [0.25, 0.3) is 11.8 Å². The molecule has 10 heteroatoms. The van der Waals surface area contributed by atoms with Crippen LogP contribution in [-0.4, -0.2) is 38.1 Å². The number of benzene rings is 1. The number of amides is 2. The predicted octanol–water partition coefficient (Wildman–Crippen LogP) is 1.82. The first-order chi connectivity index (χ1) is 12.7. The second-order valence-corrected chi connectivity index (χ2v) is 8.63. The topological polar surface area (TPSA) is 133 Å². The lowest BCUT2D eigenvalue weighted by Gasteiger charge is -2.15. The number of ether oxygens (including phenoxy) is 1. The Morgan fingerprint density at radius 3 is 2.48 bits per heavy atom. The van der Waals surface area contributed by atoms with Crippen LogP contribution in [-0.2, 0) is 19.4 Å². The molecule has 0 unspecified atom stereocenters. The molecule has 0 saturated carbocycles. The molecule has 2 rings (SSSR count). The van der Waals surface area contributed by atoms with Crippen molar-refractivity contribution < 1.29 is 27.5 Å². The molecule has 1 heterocycles. The summed E-state index contributed by atoms with van der Waals surface area (Å²) in [5, 5.41) is 4.29. The highest BCUT2D eigenvalue weighted by Crippen LogP contribution is 2.23. The molecule has 144 valence electrons. The third kappa shape index (κ3) is 4.72. The Morgan fingerprint density at radius 2 is 1.85 bits per heavy atom. The van der Waals surface area contributed by atoms with E-state index in [1.165, 1.54) is 44.2 Å². The number of nitrogens with two attached hydrogens (primary N) is 1. The molecular weight excluding hydrogens is 392 g/mol. The third-order valence-corrected chi connectivity index (χ3v) is 6.26. The molecule has 0 saturated heterocycles. The zero-order valence-electron chi connectivity index (χ0n) is 14.6. The maximum absolute atomic E-state index is 12.4. The summed E-state index contributed by atoms with van der Waals surface area (Å²) in [7, 11) is -3.64. The third-order valence-electron chi connectivity index (χ3n) is 3.64. The van der Waals surface area contributed by atoms with Crippen molar-refractivity contribution in [2.45, 2.75) is 24.8 Å². The van der Waals surface area contributed by atoms with Crippen LogP contribution in [0.2, 0.25) is 0 Å². The van der Waals surface area contributed by atoms with Crippen molar-refractivity contribution in [2.24, 2.45) is 5.73 Å². The Balaban J connectivity index is 2.15. The average Bonchev–Trinajstić information content (AvgIpc) is 3.10. The smallest absolute Gasteiger partial charge is 0.340 e. The van der Waals surface area contributed by atoms with E-state index in [2.05, 4.69) is 5.32 Å². The summed E-state index contributed by atoms with van der Waals surface area (Å²) >= 11 is 1.10. The van der Waals surface area contributed by atoms with Gasteiger partial charge in [-0.1, -0.05) is 19.1 Å². The van der Waals surface area contributed by atoms with Gasteiger partial charge < -0.3 is 15.8 Å². The van der Waals surface area contributed by atoms with Crippen molar-refractivity contribution in [1.29, 1.82) is 0 Å². The zero-order chi connectivity index (χ0) is 20.2. The molecule has 0 aliphatic carbocycles. The number of esters is 1. The van der Waals surface area contributed by atoms with Crippen molar-refractivity contribution in [3.8, 4) is 0 Å². The van der Waals surface area contributed by atoms with Gasteiger partial charge in [-0.25, -0.2) is 13.2 Å². The molecule has 1 aromatic carbocycles. The van der Waals surface area contributed by atoms with Crippen molar-refractivity contribution in [3.05, 3.63) is 46.8 Å². The van der Waals surface area contributed by atoms with E-state index >= 15 is 0 Å². The molecule has 8 nitrogen and oxygen atoms in total. The fourth-order valence-electron chi connectivity index (χ4n) is 2.15. The van der Waals surface area contributed by atoms with Gasteiger partial charge in [0.05, 0.1) is 21.8 Å². The lowest BCUT2D eigenvalue weighted by Crippen LogP contribution is -2.30. The van der Waals surface area contributed by atoms with E-state index in [1.54, 1.807) is 5.38 Å². The first-order valence-electron chi connectivity index (χ1n) is 7.88. The molecule has 1 aromatic heterocycles. The standard InChI is InChI=1S/C17H18N2O6S2/c1-3-27(23,24)13-7-5-4-6-11(13)17(22)25-10(2)15(21)19-16-12(14(18)20)8-9-26-16/h4-10H,3H2,1-2H3,(H2,18,20)(H,19,21)/t10-/m1/s1. The zero-order valence-corrected chi connectivity index (χ0v) is 16.2. The molecule has 0 spiro atoms. The van der Waals surface area contributed by atoms with Crippen LogP contribution < -0.4 is 11.1 Å². The van der Waals surface area contributed by atoms with Crippen LogP contribution in [0.5, 0.6) is 0 Å². The number of hydrogen-bond donors (Lipinski definition) is 2. The van der Waals surface area contributed by atoms with E-state index in [0.717, 1.165) is 11.3 Å². The monoisotopic (exact) mass is 410 g/mol. The van der Waals surface area contributed by atoms with E-state index < -0.39 is 33.7 Å². The Bertz CT molecular complexity index is 981. The number of carbonyl (C=O) groups excluding carboxylic acids is 3. The van der Waals surface area contributed by atoms with Gasteiger partial charge in [0.1, 0.15) is 5.00 Å². The first-order valence-corrected chi connectivity index (χ1v) is 10.4. The summed E-state index contributed by atoms with van der Waals surface area (Å²) in [6.07, 6.45) is -1.22. The molecule has 2 amide bonds. The van der Waals surface area contributed by atoms with Gasteiger partial charge in [0.2, 0.25) is 0 Å². The average molecular weight is 410 g/mol. The summed E-state index contributed by atoms with van der Waals surface area (Å²) in [4.78, 5) is 35.8. The number of nitrogens with one attached hydrogen (secondary N) is 1. The van der Waals surface area contributed by atoms with Gasteiger partial charge in [-0.3, -0.25) is 9.59 Å². The number of hydrogen-bond acceptors (Lipinski definition) is 7. The Kier molecular flexibility index (Phi) is 6.34. The molecule has 0 fully saturated rings. The maximum Gasteiger partial charge on any atom is 0.340 e. The fraction of sp³-hybridized carbons (Fsp3) is 0.235. The van der Waals surface area contributed by atoms with Gasteiger partial charge in [-0.15, -0.1) is 11.3 Å². The number of carbonyl (C=O) groups is 3. The van der Waals surface area contributed by atoms with Gasteiger partial charge >= 0.3 is 5.97 Å². The molecule has 0 bridgehead atoms. The number of thiophene rings is 1. The van der Waals surface area contributed by atoms with Crippen LogP contribution in [0.25, 0.3) is 0 Å². The second kappa shape index (κ2) is 8.31. The van der Waals surface area contributed by atoms with Crippen LogP contribution in [0.3, 0.4) is 0 Å². The maximum atomic E-state index is 12.4. The van der Waals surface area contributed by atoms with E-state index in [0.29, 0.717) is 0 Å². The second-order valence-electron chi connectivity index (χ2n) is 5.46. The summed E-state index contributed by atoms with van der Waals surface area (Å²) in [5.74, 6) is -2.49. The van der Waals surface area contributed by atoms with E-state index in [9.17, 15) is 22.8 Å². The highest BCUT2D eigenvalue weighted by Gasteiger charge is 2.25. The molecule has 0 aliphatic rings. The lowest BCUT2D eigenvalue weighted by atomic mass is 10.2. The number of sulfone groups is 1. The summed E-state index contributed by atoms with van der Waals surface area (Å²) in [5.41, 5.74) is 5.21. The van der Waals surface area contributed by atoms with Crippen LogP contribution in [0.4, 0.5) is 5.00 Å². The SMILES string of the molecule is CCS(=O)(=O)c1ccccc1C(=O)O[C@H](C)C(=O)Nc1sccc1C(N)=O. The quantitative estimate of drug-likeness (QED) is 0.669. The van der Waals surface area contributed by atoms with Gasteiger partial charge in [0.15, 0.2) is 15.9 Å². The van der Waals surface area contributed by atoms with Gasteiger partial charge in [-0.05, 0) is 30.5 Å². The van der Waals surface area contributed by atoms with Crippen molar-refractivity contribution in [2.75, 3.05) is 11.1 Å². The number of anilines is 1. The molecular formula is C17H18N2O6S2. The summed E-state index contributed by atoms with van der Waals surface area (Å²) in [6, 6.07) is 7.09. The molecule has 0 aliphatic heterocycles. The van der Waals surface area contributed by atoms with Gasteiger partial charge in [-0.2, -0.15) is 0 Å². The molecule has 2 aromatic rings. The molecule has 1 atom stereocenters. The van der Waals surface area contributed by atoms with Crippen LogP contribution in [0.15, 0.2) is 40.6 Å². The summed E-state index contributed by atoms with van der Waals surface area (Å²) < 4.78 is 29.4. The minimum atomic E-state index is -3.64. The van der Waals surface area contributed by atoms with Crippen LogP contribution in [0, 0.1) is 0 Å². The largest absolute Gasteiger partial charge is 0.449 e. The predicted molar refractivity (Wildman–Crippen MR) is 101 cm³/mol. The lowest BCUT2D eigenvalue weighted by molar-refractivity contribution is -0.123. The highest BCUT2D eigenvalue weighted by atomic mass is 32.2. The van der Waals surface area contributed by atoms with Crippen LogP contribution >= 0.6 is 11.3 Å². The van der Waals surface area contributed by atoms with Crippen molar-refractivity contribution in [1.82, 2.24) is 0 Å². The van der Waals surface area contributed by atoms with Gasteiger partial charge in [0, 0.05) is 0 Å². The molecule has 27 heavy (non-hydrogen) atoms. The van der Waals surface area contributed by atoms with E-state index in [-0.39, 0.29) is 26.8 Å². The van der Waals surface area contributed by atoms with Crippen molar-refractivity contribution in [3.63, 3.8) is 0 Å². The first kappa shape index (κ1) is 20.6. The summed E-state index contributed by atoms with van der Waals surface area (Å²) in [6.45, 7) is 2.80. The Morgan fingerprint density at radius 1 is 1.19 bits per heavy atom. The fourth-order valence-corrected chi connectivity index (χ4v) is 4.03. The van der Waals surface area contributed by atoms with Crippen LogP contribution in [0.1, 0.15) is 34.6 Å². The van der Waals surface area contributed by atoms with E-state index in [4.69, 9.17) is 10.5 Å². The highest BCUT2D eigenvalue weighted by molar-refractivity contribution is 7.91. The normalized spacial score (nSPS) is 12.2. The number of primary amides is 1. The minimum Gasteiger partial charge on any atom is -0.449 e. The van der Waals surface area contributed by atoms with E-state index in [1.807, 2.05) is 0 Å².